The van der Waals surface area contributed by atoms with E-state index in [2.05, 4.69) is 39.5 Å². The maximum absolute atomic E-state index is 9.43. The normalized spacial score (nSPS) is 40.6. The predicted octanol–water partition coefficient (Wildman–Crippen LogP) is -0.0297. The zero-order valence-electron chi connectivity index (χ0n) is 6.57. The molecule has 0 aliphatic carbocycles. The summed E-state index contributed by atoms with van der Waals surface area (Å²) in [7, 11) is 2.05. The first-order valence-electron chi connectivity index (χ1n) is 3.50. The van der Waals surface area contributed by atoms with Crippen molar-refractivity contribution in [3.05, 3.63) is 0 Å². The van der Waals surface area contributed by atoms with Gasteiger partial charge in [0.2, 0.25) is 0 Å². The second kappa shape index (κ2) is 5.72. The molecule has 0 aromatic heterocycles. The van der Waals surface area contributed by atoms with Crippen LogP contribution in [0, 0.1) is 0 Å². The standard InChI is InChI=1S/C5H11O5PS2/c6-2-1-7-5(10-13)4(9-12)3(2)8-11/h2-6,12-13H,1,11H2/t2-,3-,4+,5+/m1/s1. The second-order valence-corrected chi connectivity index (χ2v) is 3.24. The minimum atomic E-state index is -0.769. The summed E-state index contributed by atoms with van der Waals surface area (Å²) in [5.74, 6) is 0. The fourth-order valence-electron chi connectivity index (χ4n) is 1.13. The molecule has 1 aliphatic rings. The van der Waals surface area contributed by atoms with E-state index in [1.54, 1.807) is 0 Å². The Kier molecular flexibility index (Phi) is 5.28. The van der Waals surface area contributed by atoms with Crippen molar-refractivity contribution in [3.63, 3.8) is 0 Å². The van der Waals surface area contributed by atoms with Crippen LogP contribution in [0.15, 0.2) is 0 Å². The Bertz CT molecular complexity index is 162. The molecule has 0 radical (unpaired) electrons. The van der Waals surface area contributed by atoms with Crippen molar-refractivity contribution in [3.8, 4) is 0 Å². The highest BCUT2D eigenvalue weighted by Crippen LogP contribution is 2.25. The van der Waals surface area contributed by atoms with Crippen molar-refractivity contribution in [2.75, 3.05) is 6.61 Å². The predicted molar refractivity (Wildman–Crippen MR) is 54.3 cm³/mol. The van der Waals surface area contributed by atoms with E-state index in [1.807, 2.05) is 0 Å². The van der Waals surface area contributed by atoms with Gasteiger partial charge in [0.1, 0.15) is 12.2 Å². The van der Waals surface area contributed by atoms with E-state index in [9.17, 15) is 5.11 Å². The number of hydrogen-bond donors (Lipinski definition) is 3. The maximum atomic E-state index is 9.43. The van der Waals surface area contributed by atoms with Crippen LogP contribution in [0.2, 0.25) is 0 Å². The van der Waals surface area contributed by atoms with Gasteiger partial charge in [-0.2, -0.15) is 0 Å². The number of ether oxygens (including phenoxy) is 1. The van der Waals surface area contributed by atoms with Crippen LogP contribution < -0.4 is 0 Å². The van der Waals surface area contributed by atoms with Crippen molar-refractivity contribution in [1.82, 2.24) is 0 Å². The van der Waals surface area contributed by atoms with Crippen LogP contribution in [0.5, 0.6) is 0 Å². The molecule has 0 saturated carbocycles. The van der Waals surface area contributed by atoms with Gasteiger partial charge in [-0.3, -0.25) is 4.18 Å². The number of aliphatic hydroxyl groups excluding tert-OH is 1. The summed E-state index contributed by atoms with van der Waals surface area (Å²) < 4.78 is 19.4. The molecule has 8 heteroatoms. The first-order valence-corrected chi connectivity index (χ1v) is 4.70. The van der Waals surface area contributed by atoms with E-state index in [1.165, 1.54) is 0 Å². The SMILES string of the molecule is O[C@@H]1CO[C@@H](OS)[C@@H](OS)[C@@H]1OP. The van der Waals surface area contributed by atoms with Crippen LogP contribution in [0.3, 0.4) is 0 Å². The largest absolute Gasteiger partial charge is 0.388 e. The summed E-state index contributed by atoms with van der Waals surface area (Å²) in [6.07, 6.45) is -2.65. The van der Waals surface area contributed by atoms with Crippen LogP contribution in [-0.2, 0) is 17.6 Å². The second-order valence-electron chi connectivity index (χ2n) is 2.55. The lowest BCUT2D eigenvalue weighted by molar-refractivity contribution is -0.218. The molecule has 13 heavy (non-hydrogen) atoms. The molecule has 1 rings (SSSR count). The number of rotatable bonds is 3. The highest BCUT2D eigenvalue weighted by molar-refractivity contribution is 7.75. The minimum Gasteiger partial charge on any atom is -0.388 e. The van der Waals surface area contributed by atoms with Gasteiger partial charge in [-0.1, -0.05) is 0 Å². The minimum absolute atomic E-state index is 0.109. The van der Waals surface area contributed by atoms with E-state index in [0.717, 1.165) is 0 Å². The van der Waals surface area contributed by atoms with Gasteiger partial charge < -0.3 is 18.6 Å². The molecule has 0 spiro atoms. The summed E-state index contributed by atoms with van der Waals surface area (Å²) in [6, 6.07) is 0. The van der Waals surface area contributed by atoms with E-state index in [4.69, 9.17) is 13.4 Å². The number of hydrogen-bond acceptors (Lipinski definition) is 7. The Morgan fingerprint density at radius 2 is 2.00 bits per heavy atom. The number of aliphatic hydroxyl groups is 1. The third-order valence-electron chi connectivity index (χ3n) is 1.79. The van der Waals surface area contributed by atoms with Crippen molar-refractivity contribution in [2.45, 2.75) is 24.6 Å². The number of thiol groups is 2. The Morgan fingerprint density at radius 1 is 1.31 bits per heavy atom. The van der Waals surface area contributed by atoms with E-state index in [-0.39, 0.29) is 6.61 Å². The summed E-state index contributed by atoms with van der Waals surface area (Å²) in [5, 5.41) is 9.43. The lowest BCUT2D eigenvalue weighted by Gasteiger charge is -2.36. The molecular formula is C5H11O5PS2. The highest BCUT2D eigenvalue weighted by Gasteiger charge is 2.41. The highest BCUT2D eigenvalue weighted by atomic mass is 32.1. The van der Waals surface area contributed by atoms with E-state index in [0.29, 0.717) is 0 Å². The molecule has 1 aliphatic heterocycles. The third-order valence-corrected chi connectivity index (χ3v) is 2.55. The Hall–Kier alpha value is 0.930. The summed E-state index contributed by atoms with van der Waals surface area (Å²) >= 11 is 7.24. The van der Waals surface area contributed by atoms with Gasteiger partial charge >= 0.3 is 0 Å². The van der Waals surface area contributed by atoms with Crippen LogP contribution in [0.25, 0.3) is 0 Å². The molecule has 0 bridgehead atoms. The molecule has 1 N–H and O–H groups in total. The van der Waals surface area contributed by atoms with Gasteiger partial charge in [-0.15, -0.1) is 0 Å². The van der Waals surface area contributed by atoms with Gasteiger partial charge in [0.05, 0.1) is 6.61 Å². The maximum Gasteiger partial charge on any atom is 0.200 e. The van der Waals surface area contributed by atoms with Crippen LogP contribution in [-0.4, -0.2) is 36.3 Å². The average molecular weight is 246 g/mol. The zero-order chi connectivity index (χ0) is 9.84. The van der Waals surface area contributed by atoms with Gasteiger partial charge in [0.25, 0.3) is 0 Å². The first-order chi connectivity index (χ1) is 6.24. The molecule has 5 atom stereocenters. The van der Waals surface area contributed by atoms with Gasteiger partial charge in [-0.25, -0.2) is 0 Å². The van der Waals surface area contributed by atoms with Crippen LogP contribution in [0.4, 0.5) is 0 Å². The topological polar surface area (TPSA) is 57.2 Å². The molecule has 0 aromatic carbocycles. The fourth-order valence-corrected chi connectivity index (χ4v) is 1.86. The quantitative estimate of drug-likeness (QED) is 0.371. The Balaban J connectivity index is 2.64. The lowest BCUT2D eigenvalue weighted by Crippen LogP contribution is -2.53. The summed E-state index contributed by atoms with van der Waals surface area (Å²) in [4.78, 5) is 0. The molecule has 78 valence electrons. The average Bonchev–Trinajstić information content (AvgIpc) is 2.17. The van der Waals surface area contributed by atoms with Crippen LogP contribution >= 0.6 is 35.3 Å². The molecule has 1 heterocycles. The molecule has 1 saturated heterocycles. The van der Waals surface area contributed by atoms with E-state index < -0.39 is 24.6 Å². The third kappa shape index (κ3) is 2.70. The van der Waals surface area contributed by atoms with Crippen molar-refractivity contribution >= 4 is 35.3 Å². The van der Waals surface area contributed by atoms with Crippen molar-refractivity contribution < 1.29 is 22.7 Å². The first kappa shape index (κ1) is 12.0. The lowest BCUT2D eigenvalue weighted by atomic mass is 10.1. The molecule has 1 unspecified atom stereocenters. The molecule has 0 amide bonds. The molecule has 1 fully saturated rings. The Labute approximate surface area is 89.6 Å². The fraction of sp³-hybridized carbons (Fsp3) is 1.00. The van der Waals surface area contributed by atoms with Crippen LogP contribution in [0.1, 0.15) is 0 Å². The molecular weight excluding hydrogens is 235 g/mol. The smallest absolute Gasteiger partial charge is 0.200 e. The van der Waals surface area contributed by atoms with Gasteiger partial charge in [0.15, 0.2) is 12.4 Å². The van der Waals surface area contributed by atoms with Gasteiger partial charge in [0, 0.05) is 9.47 Å². The van der Waals surface area contributed by atoms with Gasteiger partial charge in [-0.05, 0) is 25.8 Å². The van der Waals surface area contributed by atoms with E-state index >= 15 is 0 Å². The summed E-state index contributed by atoms with van der Waals surface area (Å²) in [5.41, 5.74) is 0. The molecule has 0 aromatic rings. The summed E-state index contributed by atoms with van der Waals surface area (Å²) in [6.45, 7) is 0.109. The zero-order valence-corrected chi connectivity index (χ0v) is 9.51. The molecule has 5 nitrogen and oxygen atoms in total. The van der Waals surface area contributed by atoms with Crippen molar-refractivity contribution in [2.24, 2.45) is 0 Å². The Morgan fingerprint density at radius 3 is 2.46 bits per heavy atom. The monoisotopic (exact) mass is 246 g/mol. The van der Waals surface area contributed by atoms with Crippen molar-refractivity contribution in [1.29, 1.82) is 0 Å².